The molecule has 0 unspecified atom stereocenters. The van der Waals surface area contributed by atoms with Crippen molar-refractivity contribution in [2.45, 2.75) is 46.2 Å². The van der Waals surface area contributed by atoms with Gasteiger partial charge in [-0.25, -0.2) is 4.98 Å². The molecule has 0 spiro atoms. The Labute approximate surface area is 172 Å². The van der Waals surface area contributed by atoms with Gasteiger partial charge in [-0.15, -0.1) is 0 Å². The van der Waals surface area contributed by atoms with E-state index in [1.54, 1.807) is 4.68 Å². The summed E-state index contributed by atoms with van der Waals surface area (Å²) in [5, 5.41) is 4.36. The molecule has 0 saturated carbocycles. The van der Waals surface area contributed by atoms with E-state index in [1.807, 2.05) is 36.4 Å². The number of hydrogen-bond acceptors (Lipinski definition) is 3. The number of imidazole rings is 1. The third-order valence-electron chi connectivity index (χ3n) is 5.93. The van der Waals surface area contributed by atoms with Crippen LogP contribution in [0.4, 0.5) is 0 Å². The molecule has 1 saturated heterocycles. The van der Waals surface area contributed by atoms with Crippen molar-refractivity contribution in [2.24, 2.45) is 5.92 Å². The first kappa shape index (κ1) is 19.4. The standard InChI is InChI=1S/C23H29N5O/c1-3-27-15-12-21(25-27)23(29)26-13-9-19(10-14-26)11-16-28-18(2)17-24-22(28)20-7-5-4-6-8-20/h4-8,12,15,17,19H,3,9-11,13-14,16H2,1-2H3. The quantitative estimate of drug-likeness (QED) is 0.638. The average Bonchev–Trinajstić information content (AvgIpc) is 3.39. The van der Waals surface area contributed by atoms with Gasteiger partial charge >= 0.3 is 0 Å². The normalized spacial score (nSPS) is 15.0. The largest absolute Gasteiger partial charge is 0.337 e. The van der Waals surface area contributed by atoms with Crippen LogP contribution < -0.4 is 0 Å². The zero-order chi connectivity index (χ0) is 20.2. The van der Waals surface area contributed by atoms with Gasteiger partial charge in [0.2, 0.25) is 0 Å². The van der Waals surface area contributed by atoms with E-state index in [4.69, 9.17) is 0 Å². The maximum atomic E-state index is 12.7. The van der Waals surface area contributed by atoms with Crippen molar-refractivity contribution in [1.29, 1.82) is 0 Å². The van der Waals surface area contributed by atoms with Gasteiger partial charge in [0.1, 0.15) is 11.5 Å². The fourth-order valence-corrected chi connectivity index (χ4v) is 4.11. The van der Waals surface area contributed by atoms with E-state index in [2.05, 4.69) is 45.8 Å². The number of hydrogen-bond donors (Lipinski definition) is 0. The molecule has 3 heterocycles. The van der Waals surface area contributed by atoms with Gasteiger partial charge < -0.3 is 9.47 Å². The molecule has 1 amide bonds. The first-order valence-corrected chi connectivity index (χ1v) is 10.6. The van der Waals surface area contributed by atoms with Crippen molar-refractivity contribution < 1.29 is 4.79 Å². The Morgan fingerprint density at radius 1 is 1.14 bits per heavy atom. The molecule has 6 nitrogen and oxygen atoms in total. The van der Waals surface area contributed by atoms with Gasteiger partial charge in [-0.3, -0.25) is 9.48 Å². The fourth-order valence-electron chi connectivity index (χ4n) is 4.11. The van der Waals surface area contributed by atoms with Crippen LogP contribution in [-0.2, 0) is 13.1 Å². The summed E-state index contributed by atoms with van der Waals surface area (Å²) in [5.74, 6) is 1.74. The number of likely N-dealkylation sites (tertiary alicyclic amines) is 1. The molecule has 2 aromatic heterocycles. The second-order valence-electron chi connectivity index (χ2n) is 7.82. The number of piperidine rings is 1. The molecular weight excluding hydrogens is 362 g/mol. The van der Waals surface area contributed by atoms with Gasteiger partial charge in [-0.2, -0.15) is 5.10 Å². The lowest BCUT2D eigenvalue weighted by Gasteiger charge is -2.31. The number of aromatic nitrogens is 4. The van der Waals surface area contributed by atoms with Crippen molar-refractivity contribution in [1.82, 2.24) is 24.2 Å². The van der Waals surface area contributed by atoms with Gasteiger partial charge in [0.05, 0.1) is 0 Å². The minimum absolute atomic E-state index is 0.0625. The summed E-state index contributed by atoms with van der Waals surface area (Å²) in [4.78, 5) is 19.2. The highest BCUT2D eigenvalue weighted by Gasteiger charge is 2.25. The topological polar surface area (TPSA) is 56.0 Å². The van der Waals surface area contributed by atoms with Gasteiger partial charge in [0.25, 0.3) is 5.91 Å². The van der Waals surface area contributed by atoms with Crippen LogP contribution >= 0.6 is 0 Å². The summed E-state index contributed by atoms with van der Waals surface area (Å²) in [6.45, 7) is 7.53. The van der Waals surface area contributed by atoms with Gasteiger partial charge in [0.15, 0.2) is 0 Å². The van der Waals surface area contributed by atoms with E-state index in [0.29, 0.717) is 11.6 Å². The monoisotopic (exact) mass is 391 g/mol. The van der Waals surface area contributed by atoms with Crippen molar-refractivity contribution in [3.05, 3.63) is 60.2 Å². The smallest absolute Gasteiger partial charge is 0.274 e. The zero-order valence-electron chi connectivity index (χ0n) is 17.3. The minimum Gasteiger partial charge on any atom is -0.337 e. The lowest BCUT2D eigenvalue weighted by atomic mass is 9.93. The van der Waals surface area contributed by atoms with Crippen LogP contribution in [0.1, 0.15) is 42.4 Å². The molecule has 3 aromatic rings. The maximum Gasteiger partial charge on any atom is 0.274 e. The second kappa shape index (κ2) is 8.64. The predicted molar refractivity (Wildman–Crippen MR) is 114 cm³/mol. The van der Waals surface area contributed by atoms with Crippen LogP contribution in [-0.4, -0.2) is 43.2 Å². The van der Waals surface area contributed by atoms with Crippen molar-refractivity contribution in [3.8, 4) is 11.4 Å². The van der Waals surface area contributed by atoms with Crippen LogP contribution in [0.3, 0.4) is 0 Å². The molecule has 1 aromatic carbocycles. The number of aryl methyl sites for hydroxylation is 2. The Morgan fingerprint density at radius 2 is 1.90 bits per heavy atom. The van der Waals surface area contributed by atoms with Crippen molar-refractivity contribution in [2.75, 3.05) is 13.1 Å². The third kappa shape index (κ3) is 4.26. The van der Waals surface area contributed by atoms with E-state index in [9.17, 15) is 4.79 Å². The second-order valence-corrected chi connectivity index (χ2v) is 7.82. The molecular formula is C23H29N5O. The molecule has 0 atom stereocenters. The number of carbonyl (C=O) groups is 1. The first-order valence-electron chi connectivity index (χ1n) is 10.6. The van der Waals surface area contributed by atoms with E-state index in [-0.39, 0.29) is 5.91 Å². The first-order chi connectivity index (χ1) is 14.2. The Kier molecular flexibility index (Phi) is 5.79. The summed E-state index contributed by atoms with van der Waals surface area (Å²) in [6, 6.07) is 12.2. The van der Waals surface area contributed by atoms with Crippen LogP contribution in [0.15, 0.2) is 48.8 Å². The van der Waals surface area contributed by atoms with Crippen LogP contribution in [0.25, 0.3) is 11.4 Å². The molecule has 1 fully saturated rings. The lowest BCUT2D eigenvalue weighted by Crippen LogP contribution is -2.39. The number of nitrogens with zero attached hydrogens (tertiary/aromatic N) is 5. The Morgan fingerprint density at radius 3 is 2.59 bits per heavy atom. The van der Waals surface area contributed by atoms with Crippen LogP contribution in [0, 0.1) is 12.8 Å². The molecule has 4 rings (SSSR count). The average molecular weight is 392 g/mol. The van der Waals surface area contributed by atoms with Crippen molar-refractivity contribution >= 4 is 5.91 Å². The summed E-state index contributed by atoms with van der Waals surface area (Å²) < 4.78 is 4.13. The van der Waals surface area contributed by atoms with E-state index < -0.39 is 0 Å². The molecule has 152 valence electrons. The molecule has 6 heteroatoms. The molecule has 0 N–H and O–H groups in total. The number of rotatable bonds is 6. The zero-order valence-corrected chi connectivity index (χ0v) is 17.3. The summed E-state index contributed by atoms with van der Waals surface area (Å²) in [7, 11) is 0. The molecule has 29 heavy (non-hydrogen) atoms. The lowest BCUT2D eigenvalue weighted by molar-refractivity contribution is 0.0678. The number of benzene rings is 1. The molecule has 0 bridgehead atoms. The highest BCUT2D eigenvalue weighted by molar-refractivity contribution is 5.92. The Hall–Kier alpha value is -2.89. The summed E-state index contributed by atoms with van der Waals surface area (Å²) in [5.41, 5.74) is 2.92. The molecule has 0 radical (unpaired) electrons. The highest BCUT2D eigenvalue weighted by Crippen LogP contribution is 2.25. The Bertz CT molecular complexity index is 951. The summed E-state index contributed by atoms with van der Waals surface area (Å²) in [6.07, 6.45) is 7.05. The Balaban J connectivity index is 1.33. The number of amides is 1. The van der Waals surface area contributed by atoms with E-state index >= 15 is 0 Å². The SMILES string of the molecule is CCn1ccc(C(=O)N2CCC(CCn3c(C)cnc3-c3ccccc3)CC2)n1. The minimum atomic E-state index is 0.0625. The van der Waals surface area contributed by atoms with Gasteiger partial charge in [0, 0.05) is 49.8 Å². The van der Waals surface area contributed by atoms with Crippen LogP contribution in [0.2, 0.25) is 0 Å². The maximum absolute atomic E-state index is 12.7. The van der Waals surface area contributed by atoms with Gasteiger partial charge in [-0.05, 0) is 45.1 Å². The van der Waals surface area contributed by atoms with E-state index in [0.717, 1.165) is 56.8 Å². The number of carbonyl (C=O) groups excluding carboxylic acids is 1. The van der Waals surface area contributed by atoms with Crippen molar-refractivity contribution in [3.63, 3.8) is 0 Å². The van der Waals surface area contributed by atoms with Gasteiger partial charge in [-0.1, -0.05) is 30.3 Å². The highest BCUT2D eigenvalue weighted by atomic mass is 16.2. The fraction of sp³-hybridized carbons (Fsp3) is 0.435. The molecule has 0 aliphatic carbocycles. The molecule has 1 aliphatic rings. The molecule has 1 aliphatic heterocycles. The summed E-state index contributed by atoms with van der Waals surface area (Å²) >= 11 is 0. The predicted octanol–water partition coefficient (Wildman–Crippen LogP) is 4.02. The van der Waals surface area contributed by atoms with Crippen LogP contribution in [0.5, 0.6) is 0 Å². The van der Waals surface area contributed by atoms with E-state index in [1.165, 1.54) is 5.69 Å². The third-order valence-corrected chi connectivity index (χ3v) is 5.93.